The molecule has 5 heteroatoms. The average Bonchev–Trinajstić information content (AvgIpc) is 2.80. The number of nitro benzene ring substituents is 1. The predicted molar refractivity (Wildman–Crippen MR) is 69.5 cm³/mol. The van der Waals surface area contributed by atoms with Gasteiger partial charge >= 0.3 is 0 Å². The van der Waals surface area contributed by atoms with Gasteiger partial charge in [0.1, 0.15) is 0 Å². The number of thiophene rings is 1. The van der Waals surface area contributed by atoms with Gasteiger partial charge in [0.2, 0.25) is 0 Å². The Bertz CT molecular complexity index is 523. The van der Waals surface area contributed by atoms with E-state index in [1.54, 1.807) is 24.3 Å². The molecular formula is C12H12N2O2S. The summed E-state index contributed by atoms with van der Waals surface area (Å²) in [6.45, 7) is 2.44. The van der Waals surface area contributed by atoms with Crippen molar-refractivity contribution in [3.63, 3.8) is 0 Å². The van der Waals surface area contributed by atoms with Crippen LogP contribution in [0, 0.1) is 17.0 Å². The van der Waals surface area contributed by atoms with Gasteiger partial charge in [-0.05, 0) is 35.4 Å². The number of anilines is 1. The lowest BCUT2D eigenvalue weighted by Crippen LogP contribution is -2.01. The summed E-state index contributed by atoms with van der Waals surface area (Å²) in [6.07, 6.45) is 0. The number of nitrogens with one attached hydrogen (secondary N) is 1. The molecule has 1 heterocycles. The SMILES string of the molecule is Cc1c(NCc2ccsc2)cccc1[N+](=O)[O-]. The molecule has 0 aliphatic rings. The smallest absolute Gasteiger partial charge is 0.274 e. The molecule has 0 aliphatic carbocycles. The summed E-state index contributed by atoms with van der Waals surface area (Å²) in [5.41, 5.74) is 2.82. The van der Waals surface area contributed by atoms with E-state index in [1.165, 1.54) is 11.6 Å². The van der Waals surface area contributed by atoms with E-state index in [4.69, 9.17) is 0 Å². The van der Waals surface area contributed by atoms with Crippen LogP contribution in [0.5, 0.6) is 0 Å². The van der Waals surface area contributed by atoms with Crippen molar-refractivity contribution in [2.45, 2.75) is 13.5 Å². The van der Waals surface area contributed by atoms with E-state index < -0.39 is 0 Å². The van der Waals surface area contributed by atoms with Crippen molar-refractivity contribution < 1.29 is 4.92 Å². The van der Waals surface area contributed by atoms with Gasteiger partial charge in [-0.2, -0.15) is 11.3 Å². The monoisotopic (exact) mass is 248 g/mol. The molecule has 88 valence electrons. The summed E-state index contributed by atoms with van der Waals surface area (Å²) >= 11 is 1.64. The molecule has 1 aromatic carbocycles. The molecule has 0 atom stereocenters. The minimum absolute atomic E-state index is 0.153. The van der Waals surface area contributed by atoms with Crippen molar-refractivity contribution in [3.05, 3.63) is 56.3 Å². The minimum Gasteiger partial charge on any atom is -0.381 e. The molecule has 0 fully saturated rings. The number of hydrogen-bond donors (Lipinski definition) is 1. The van der Waals surface area contributed by atoms with Gasteiger partial charge in [-0.25, -0.2) is 0 Å². The molecule has 0 amide bonds. The van der Waals surface area contributed by atoms with Crippen LogP contribution in [0.1, 0.15) is 11.1 Å². The molecule has 0 saturated heterocycles. The van der Waals surface area contributed by atoms with E-state index in [9.17, 15) is 10.1 Å². The molecule has 0 aliphatic heterocycles. The van der Waals surface area contributed by atoms with Crippen LogP contribution in [0.4, 0.5) is 11.4 Å². The van der Waals surface area contributed by atoms with Crippen molar-refractivity contribution >= 4 is 22.7 Å². The first-order valence-corrected chi connectivity index (χ1v) is 6.11. The van der Waals surface area contributed by atoms with E-state index in [0.717, 1.165) is 5.69 Å². The van der Waals surface area contributed by atoms with Gasteiger partial charge in [0.15, 0.2) is 0 Å². The van der Waals surface area contributed by atoms with E-state index in [2.05, 4.69) is 10.7 Å². The van der Waals surface area contributed by atoms with E-state index in [1.807, 2.05) is 17.5 Å². The van der Waals surface area contributed by atoms with Gasteiger partial charge in [-0.1, -0.05) is 6.07 Å². The fraction of sp³-hybridized carbons (Fsp3) is 0.167. The molecule has 2 aromatic rings. The number of rotatable bonds is 4. The zero-order chi connectivity index (χ0) is 12.3. The Morgan fingerprint density at radius 3 is 2.88 bits per heavy atom. The molecule has 1 aromatic heterocycles. The predicted octanol–water partition coefficient (Wildman–Crippen LogP) is 3.58. The Labute approximate surface area is 103 Å². The Morgan fingerprint density at radius 2 is 2.24 bits per heavy atom. The zero-order valence-electron chi connectivity index (χ0n) is 9.34. The first-order valence-electron chi connectivity index (χ1n) is 5.17. The third-order valence-electron chi connectivity index (χ3n) is 2.56. The molecule has 0 bridgehead atoms. The Hall–Kier alpha value is -1.88. The summed E-state index contributed by atoms with van der Waals surface area (Å²) in [5, 5.41) is 18.1. The maximum absolute atomic E-state index is 10.8. The van der Waals surface area contributed by atoms with Gasteiger partial charge < -0.3 is 5.32 Å². The molecule has 2 rings (SSSR count). The Morgan fingerprint density at radius 1 is 1.41 bits per heavy atom. The molecule has 0 radical (unpaired) electrons. The molecule has 17 heavy (non-hydrogen) atoms. The highest BCUT2D eigenvalue weighted by Crippen LogP contribution is 2.25. The van der Waals surface area contributed by atoms with E-state index >= 15 is 0 Å². The van der Waals surface area contributed by atoms with Crippen LogP contribution in [0.3, 0.4) is 0 Å². The van der Waals surface area contributed by atoms with Crippen molar-refractivity contribution in [2.24, 2.45) is 0 Å². The molecular weight excluding hydrogens is 236 g/mol. The van der Waals surface area contributed by atoms with Crippen molar-refractivity contribution in [3.8, 4) is 0 Å². The van der Waals surface area contributed by atoms with Crippen molar-refractivity contribution in [1.82, 2.24) is 0 Å². The highest BCUT2D eigenvalue weighted by Gasteiger charge is 2.12. The maximum atomic E-state index is 10.8. The van der Waals surface area contributed by atoms with Crippen LogP contribution in [-0.2, 0) is 6.54 Å². The fourth-order valence-corrected chi connectivity index (χ4v) is 2.27. The second-order valence-corrected chi connectivity index (χ2v) is 4.47. The quantitative estimate of drug-likeness (QED) is 0.664. The van der Waals surface area contributed by atoms with Crippen LogP contribution in [-0.4, -0.2) is 4.92 Å². The second kappa shape index (κ2) is 4.97. The number of nitro groups is 1. The molecule has 4 nitrogen and oxygen atoms in total. The van der Waals surface area contributed by atoms with Gasteiger partial charge in [-0.3, -0.25) is 10.1 Å². The van der Waals surface area contributed by atoms with Crippen LogP contribution >= 0.6 is 11.3 Å². The highest BCUT2D eigenvalue weighted by molar-refractivity contribution is 7.07. The number of hydrogen-bond acceptors (Lipinski definition) is 4. The maximum Gasteiger partial charge on any atom is 0.274 e. The van der Waals surface area contributed by atoms with Gasteiger partial charge in [0, 0.05) is 23.9 Å². The summed E-state index contributed by atoms with van der Waals surface area (Å²) in [6, 6.07) is 7.10. The lowest BCUT2D eigenvalue weighted by molar-refractivity contribution is -0.385. The fourth-order valence-electron chi connectivity index (χ4n) is 1.60. The van der Waals surface area contributed by atoms with Crippen LogP contribution < -0.4 is 5.32 Å². The highest BCUT2D eigenvalue weighted by atomic mass is 32.1. The normalized spacial score (nSPS) is 10.2. The standard InChI is InChI=1S/C12H12N2O2S/c1-9-11(3-2-4-12(9)14(15)16)13-7-10-5-6-17-8-10/h2-6,8,13H,7H2,1H3. The lowest BCUT2D eigenvalue weighted by atomic mass is 10.1. The number of benzene rings is 1. The third kappa shape index (κ3) is 2.62. The molecule has 0 spiro atoms. The average molecular weight is 248 g/mol. The van der Waals surface area contributed by atoms with Crippen LogP contribution in [0.2, 0.25) is 0 Å². The topological polar surface area (TPSA) is 55.2 Å². The van der Waals surface area contributed by atoms with E-state index in [0.29, 0.717) is 12.1 Å². The van der Waals surface area contributed by atoms with Gasteiger partial charge in [0.05, 0.1) is 4.92 Å². The second-order valence-electron chi connectivity index (χ2n) is 3.69. The summed E-state index contributed by atoms with van der Waals surface area (Å²) < 4.78 is 0. The van der Waals surface area contributed by atoms with E-state index in [-0.39, 0.29) is 10.6 Å². The third-order valence-corrected chi connectivity index (χ3v) is 3.30. The summed E-state index contributed by atoms with van der Waals surface area (Å²) in [4.78, 5) is 10.4. The summed E-state index contributed by atoms with van der Waals surface area (Å²) in [5.74, 6) is 0. The van der Waals surface area contributed by atoms with Crippen molar-refractivity contribution in [1.29, 1.82) is 0 Å². The van der Waals surface area contributed by atoms with Crippen LogP contribution in [0.15, 0.2) is 35.0 Å². The van der Waals surface area contributed by atoms with Gasteiger partial charge in [0.25, 0.3) is 5.69 Å². The van der Waals surface area contributed by atoms with Crippen molar-refractivity contribution in [2.75, 3.05) is 5.32 Å². The lowest BCUT2D eigenvalue weighted by Gasteiger charge is -2.08. The summed E-state index contributed by atoms with van der Waals surface area (Å²) in [7, 11) is 0. The number of nitrogens with zero attached hydrogens (tertiary/aromatic N) is 1. The van der Waals surface area contributed by atoms with Gasteiger partial charge in [-0.15, -0.1) is 0 Å². The largest absolute Gasteiger partial charge is 0.381 e. The zero-order valence-corrected chi connectivity index (χ0v) is 10.2. The molecule has 0 saturated carbocycles. The molecule has 0 unspecified atom stereocenters. The first kappa shape index (κ1) is 11.6. The molecule has 1 N–H and O–H groups in total. The minimum atomic E-state index is -0.356. The first-order chi connectivity index (χ1) is 8.18. The van der Waals surface area contributed by atoms with Crippen LogP contribution in [0.25, 0.3) is 0 Å². The Balaban J connectivity index is 2.16. The Kier molecular flexibility index (Phi) is 3.39.